The highest BCUT2D eigenvalue weighted by molar-refractivity contribution is 9.10. The van der Waals surface area contributed by atoms with E-state index in [0.717, 1.165) is 23.5 Å². The highest BCUT2D eigenvalue weighted by atomic mass is 79.9. The van der Waals surface area contributed by atoms with E-state index in [1.165, 1.54) is 12.1 Å². The molecule has 102 valence electrons. The first-order chi connectivity index (χ1) is 8.79. The predicted molar refractivity (Wildman–Crippen MR) is 79.2 cm³/mol. The molecular weight excluding hydrogens is 400 g/mol. The van der Waals surface area contributed by atoms with Crippen molar-refractivity contribution >= 4 is 66.2 Å². The van der Waals surface area contributed by atoms with E-state index in [4.69, 9.17) is 23.2 Å². The summed E-state index contributed by atoms with van der Waals surface area (Å²) >= 11 is 15.5. The molecule has 0 saturated heterocycles. The first kappa shape index (κ1) is 15.1. The van der Waals surface area contributed by atoms with Gasteiger partial charge in [0.15, 0.2) is 0 Å². The van der Waals surface area contributed by atoms with Gasteiger partial charge in [-0.05, 0) is 40.2 Å². The summed E-state index contributed by atoms with van der Waals surface area (Å²) in [6, 6.07) is 4.86. The van der Waals surface area contributed by atoms with Gasteiger partial charge in [-0.25, -0.2) is 12.8 Å². The van der Waals surface area contributed by atoms with Crippen molar-refractivity contribution < 1.29 is 12.8 Å². The topological polar surface area (TPSA) is 46.2 Å². The minimum atomic E-state index is -3.87. The van der Waals surface area contributed by atoms with Gasteiger partial charge >= 0.3 is 0 Å². The van der Waals surface area contributed by atoms with Crippen LogP contribution in [0, 0.1) is 5.82 Å². The molecule has 0 saturated carbocycles. The molecule has 19 heavy (non-hydrogen) atoms. The smallest absolute Gasteiger partial charge is 0.264 e. The standard InChI is InChI=1S/C10H5BrCl2FNO2S2/c11-6-3-5(14)1-2-7(6)15-19(16,17)8-4-9(12)18-10(8)13/h1-4,15H. The van der Waals surface area contributed by atoms with E-state index in [1.807, 2.05) is 0 Å². The second-order valence-corrected chi connectivity index (χ2v) is 8.21. The number of hydrogen-bond donors (Lipinski definition) is 1. The molecule has 0 fully saturated rings. The molecule has 1 heterocycles. The predicted octanol–water partition coefficient (Wildman–Crippen LogP) is 4.76. The number of halogens is 4. The zero-order chi connectivity index (χ0) is 14.2. The van der Waals surface area contributed by atoms with Crippen LogP contribution in [0.1, 0.15) is 0 Å². The van der Waals surface area contributed by atoms with Crippen LogP contribution in [-0.2, 0) is 10.0 Å². The van der Waals surface area contributed by atoms with Crippen molar-refractivity contribution in [3.63, 3.8) is 0 Å². The van der Waals surface area contributed by atoms with E-state index in [9.17, 15) is 12.8 Å². The Labute approximate surface area is 131 Å². The molecule has 0 aliphatic carbocycles. The summed E-state index contributed by atoms with van der Waals surface area (Å²) in [6.45, 7) is 0. The molecule has 1 N–H and O–H groups in total. The van der Waals surface area contributed by atoms with Gasteiger partial charge in [0.25, 0.3) is 10.0 Å². The molecule has 0 radical (unpaired) electrons. The number of sulfonamides is 1. The maximum absolute atomic E-state index is 12.9. The van der Waals surface area contributed by atoms with Gasteiger partial charge in [0.1, 0.15) is 15.0 Å². The van der Waals surface area contributed by atoms with Gasteiger partial charge in [-0.2, -0.15) is 0 Å². The van der Waals surface area contributed by atoms with E-state index < -0.39 is 15.8 Å². The van der Waals surface area contributed by atoms with Crippen LogP contribution in [0.2, 0.25) is 8.67 Å². The Kier molecular flexibility index (Phi) is 4.42. The van der Waals surface area contributed by atoms with Crippen molar-refractivity contribution in [2.75, 3.05) is 4.72 Å². The zero-order valence-corrected chi connectivity index (χ0v) is 13.7. The average Bonchev–Trinajstić information content (AvgIpc) is 2.63. The molecular formula is C10H5BrCl2FNO2S2. The lowest BCUT2D eigenvalue weighted by Crippen LogP contribution is -2.13. The summed E-state index contributed by atoms with van der Waals surface area (Å²) in [6.07, 6.45) is 0. The van der Waals surface area contributed by atoms with Crippen LogP contribution in [0.15, 0.2) is 33.6 Å². The SMILES string of the molecule is O=S(=O)(Nc1ccc(F)cc1Br)c1cc(Cl)sc1Cl. The largest absolute Gasteiger partial charge is 0.278 e. The fourth-order valence-corrected chi connectivity index (χ4v) is 5.09. The quantitative estimate of drug-likeness (QED) is 0.801. The third-order valence-corrected chi connectivity index (χ3v) is 5.86. The fraction of sp³-hybridized carbons (Fsp3) is 0. The number of anilines is 1. The van der Waals surface area contributed by atoms with E-state index in [-0.39, 0.29) is 23.7 Å². The summed E-state index contributed by atoms with van der Waals surface area (Å²) in [4.78, 5) is -0.111. The van der Waals surface area contributed by atoms with Gasteiger partial charge in [0, 0.05) is 4.47 Å². The number of thiophene rings is 1. The monoisotopic (exact) mass is 403 g/mol. The second-order valence-electron chi connectivity index (χ2n) is 3.42. The van der Waals surface area contributed by atoms with Crippen LogP contribution in [0.4, 0.5) is 10.1 Å². The third kappa shape index (κ3) is 3.41. The lowest BCUT2D eigenvalue weighted by atomic mass is 10.3. The Morgan fingerprint density at radius 3 is 2.47 bits per heavy atom. The van der Waals surface area contributed by atoms with Crippen LogP contribution in [0.3, 0.4) is 0 Å². The Hall–Kier alpha value is -0.340. The summed E-state index contributed by atoms with van der Waals surface area (Å²) in [5.41, 5.74) is 0.208. The normalized spacial score (nSPS) is 11.6. The van der Waals surface area contributed by atoms with Gasteiger partial charge < -0.3 is 0 Å². The van der Waals surface area contributed by atoms with Crippen molar-refractivity contribution in [1.29, 1.82) is 0 Å². The molecule has 1 aromatic heterocycles. The van der Waals surface area contributed by atoms with Crippen LogP contribution in [0.5, 0.6) is 0 Å². The summed E-state index contributed by atoms with van der Waals surface area (Å²) in [7, 11) is -3.87. The highest BCUT2D eigenvalue weighted by Crippen LogP contribution is 2.35. The van der Waals surface area contributed by atoms with Crippen LogP contribution < -0.4 is 4.72 Å². The van der Waals surface area contributed by atoms with Crippen molar-refractivity contribution in [2.45, 2.75) is 4.90 Å². The van der Waals surface area contributed by atoms with Crippen molar-refractivity contribution in [3.8, 4) is 0 Å². The Balaban J connectivity index is 2.39. The van der Waals surface area contributed by atoms with Crippen molar-refractivity contribution in [3.05, 3.63) is 43.2 Å². The number of hydrogen-bond acceptors (Lipinski definition) is 3. The van der Waals surface area contributed by atoms with Crippen molar-refractivity contribution in [2.24, 2.45) is 0 Å². The molecule has 3 nitrogen and oxygen atoms in total. The van der Waals surface area contributed by atoms with Crippen molar-refractivity contribution in [1.82, 2.24) is 0 Å². The van der Waals surface area contributed by atoms with Gasteiger partial charge in [-0.15, -0.1) is 11.3 Å². The van der Waals surface area contributed by atoms with Gasteiger partial charge in [-0.1, -0.05) is 23.2 Å². The average molecular weight is 405 g/mol. The number of benzene rings is 1. The molecule has 0 unspecified atom stereocenters. The first-order valence-electron chi connectivity index (χ1n) is 4.72. The first-order valence-corrected chi connectivity index (χ1v) is 8.57. The molecule has 0 bridgehead atoms. The number of nitrogens with one attached hydrogen (secondary N) is 1. The molecule has 0 spiro atoms. The van der Waals surface area contributed by atoms with E-state index in [1.54, 1.807) is 0 Å². The Morgan fingerprint density at radius 1 is 1.26 bits per heavy atom. The minimum Gasteiger partial charge on any atom is -0.278 e. The Bertz CT molecular complexity index is 733. The lowest BCUT2D eigenvalue weighted by Gasteiger charge is -2.08. The van der Waals surface area contributed by atoms with Gasteiger partial charge in [0.05, 0.1) is 10.0 Å². The molecule has 2 rings (SSSR count). The molecule has 0 atom stereocenters. The van der Waals surface area contributed by atoms with E-state index in [2.05, 4.69) is 20.7 Å². The second kappa shape index (κ2) is 5.57. The molecule has 2 aromatic rings. The summed E-state index contributed by atoms with van der Waals surface area (Å²) in [5, 5.41) is 0. The van der Waals surface area contributed by atoms with Crippen LogP contribution in [-0.4, -0.2) is 8.42 Å². The molecule has 1 aromatic carbocycles. The third-order valence-electron chi connectivity index (χ3n) is 2.09. The molecule has 0 amide bonds. The maximum Gasteiger partial charge on any atom is 0.264 e. The van der Waals surface area contributed by atoms with Crippen LogP contribution in [0.25, 0.3) is 0 Å². The van der Waals surface area contributed by atoms with Gasteiger partial charge in [-0.3, -0.25) is 4.72 Å². The summed E-state index contributed by atoms with van der Waals surface area (Å²) < 4.78 is 40.1. The number of rotatable bonds is 3. The minimum absolute atomic E-state index is 0.0655. The summed E-state index contributed by atoms with van der Waals surface area (Å²) in [5.74, 6) is -0.480. The fourth-order valence-electron chi connectivity index (χ4n) is 1.28. The molecule has 0 aliphatic heterocycles. The van der Waals surface area contributed by atoms with Crippen LogP contribution >= 0.6 is 50.5 Å². The van der Waals surface area contributed by atoms with E-state index >= 15 is 0 Å². The van der Waals surface area contributed by atoms with E-state index in [0.29, 0.717) is 0 Å². The van der Waals surface area contributed by atoms with Gasteiger partial charge in [0.2, 0.25) is 0 Å². The highest BCUT2D eigenvalue weighted by Gasteiger charge is 2.22. The molecule has 0 aliphatic rings. The maximum atomic E-state index is 12.9. The zero-order valence-electron chi connectivity index (χ0n) is 8.95. The Morgan fingerprint density at radius 2 is 1.95 bits per heavy atom. The molecule has 9 heteroatoms. The lowest BCUT2D eigenvalue weighted by molar-refractivity contribution is 0.601.